The molecule has 0 amide bonds. The maximum absolute atomic E-state index is 7.07. The summed E-state index contributed by atoms with van der Waals surface area (Å²) in [6.45, 7) is 4.13. The smallest absolute Gasteiger partial charge is 0.190 e. The lowest BCUT2D eigenvalue weighted by Gasteiger charge is -2.48. The van der Waals surface area contributed by atoms with Crippen LogP contribution >= 0.6 is 12.4 Å². The number of nitrogens with zero attached hydrogens (tertiary/aromatic N) is 1. The average Bonchev–Trinajstić information content (AvgIpc) is 2.93. The van der Waals surface area contributed by atoms with Crippen molar-refractivity contribution in [1.29, 1.82) is 0 Å². The van der Waals surface area contributed by atoms with E-state index in [1.54, 1.807) is 14.2 Å². The molecule has 0 radical (unpaired) electrons. The molecule has 0 bridgehead atoms. The second-order valence-corrected chi connectivity index (χ2v) is 9.04. The number of methoxy groups -OCH3 is 2. The topological polar surface area (TPSA) is 30.9 Å². The van der Waals surface area contributed by atoms with Crippen molar-refractivity contribution in [3.63, 3.8) is 0 Å². The van der Waals surface area contributed by atoms with Gasteiger partial charge in [0.2, 0.25) is 0 Å². The van der Waals surface area contributed by atoms with Crippen molar-refractivity contribution in [1.82, 2.24) is 4.90 Å². The van der Waals surface area contributed by atoms with Gasteiger partial charge in [0.15, 0.2) is 5.72 Å². The van der Waals surface area contributed by atoms with Crippen LogP contribution in [-0.2, 0) is 5.72 Å². The van der Waals surface area contributed by atoms with E-state index in [-0.39, 0.29) is 12.4 Å². The molecular weight excluding hydrogens is 470 g/mol. The van der Waals surface area contributed by atoms with Gasteiger partial charge in [0.25, 0.3) is 0 Å². The highest BCUT2D eigenvalue weighted by Crippen LogP contribution is 2.47. The highest BCUT2D eigenvalue weighted by atomic mass is 35.5. The zero-order valence-electron chi connectivity index (χ0n) is 21.2. The van der Waals surface area contributed by atoms with Crippen molar-refractivity contribution >= 4 is 23.2 Å². The molecule has 1 heterocycles. The summed E-state index contributed by atoms with van der Waals surface area (Å²) in [4.78, 5) is 2.51. The van der Waals surface area contributed by atoms with E-state index in [9.17, 15) is 0 Å². The summed E-state index contributed by atoms with van der Waals surface area (Å²) < 4.78 is 18.1. The van der Waals surface area contributed by atoms with Crippen molar-refractivity contribution in [2.45, 2.75) is 31.9 Å². The Morgan fingerprint density at radius 1 is 0.778 bits per heavy atom. The standard InChI is InChI=1S/C31H33NO3.ClH/c1-4-32-21-9-8-20-31(32,35-26-10-6-5-7-11-26)30-28(23-12-15-25(33-2)16-13-23)18-14-24-22-27(34-3)17-19-29(24)30;/h5-7,10-19,22H,4,8-9,20-21H2,1-3H3;1H. The van der Waals surface area contributed by atoms with Crippen LogP contribution in [0.2, 0.25) is 0 Å². The average molecular weight is 504 g/mol. The Morgan fingerprint density at radius 2 is 1.50 bits per heavy atom. The monoisotopic (exact) mass is 503 g/mol. The second-order valence-electron chi connectivity index (χ2n) is 9.04. The lowest BCUT2D eigenvalue weighted by molar-refractivity contribution is -0.114. The number of rotatable bonds is 7. The number of likely N-dealkylation sites (tertiary alicyclic amines) is 1. The molecule has 0 aliphatic carbocycles. The van der Waals surface area contributed by atoms with Crippen LogP contribution in [0.4, 0.5) is 0 Å². The van der Waals surface area contributed by atoms with Gasteiger partial charge in [-0.25, -0.2) is 0 Å². The van der Waals surface area contributed by atoms with E-state index in [1.807, 2.05) is 30.3 Å². The van der Waals surface area contributed by atoms with Gasteiger partial charge in [0, 0.05) is 18.5 Å². The summed E-state index contributed by atoms with van der Waals surface area (Å²) in [5, 5.41) is 2.34. The van der Waals surface area contributed by atoms with Crippen LogP contribution in [0, 0.1) is 0 Å². The molecule has 5 rings (SSSR count). The number of halogens is 1. The third-order valence-electron chi connectivity index (χ3n) is 7.13. The van der Waals surface area contributed by atoms with Crippen LogP contribution < -0.4 is 14.2 Å². The summed E-state index contributed by atoms with van der Waals surface area (Å²) in [6.07, 6.45) is 3.20. The Bertz CT molecular complexity index is 1290. The van der Waals surface area contributed by atoms with Crippen LogP contribution in [-0.4, -0.2) is 32.2 Å². The first kappa shape index (κ1) is 25.9. The molecule has 1 saturated heterocycles. The van der Waals surface area contributed by atoms with Crippen LogP contribution in [0.5, 0.6) is 17.2 Å². The molecule has 4 aromatic carbocycles. The van der Waals surface area contributed by atoms with Crippen molar-refractivity contribution in [2.75, 3.05) is 27.3 Å². The summed E-state index contributed by atoms with van der Waals surface area (Å²) in [5.41, 5.74) is 2.96. The molecular formula is C31H34ClNO3. The largest absolute Gasteiger partial charge is 0.497 e. The van der Waals surface area contributed by atoms with Crippen LogP contribution in [0.3, 0.4) is 0 Å². The minimum absolute atomic E-state index is 0. The van der Waals surface area contributed by atoms with Crippen LogP contribution in [0.1, 0.15) is 31.7 Å². The molecule has 1 aliphatic rings. The molecule has 0 spiro atoms. The van der Waals surface area contributed by atoms with Gasteiger partial charge in [-0.2, -0.15) is 0 Å². The van der Waals surface area contributed by atoms with Crippen LogP contribution in [0.15, 0.2) is 84.9 Å². The predicted molar refractivity (Wildman–Crippen MR) is 150 cm³/mol. The van der Waals surface area contributed by atoms with Gasteiger partial charge in [-0.1, -0.05) is 55.5 Å². The van der Waals surface area contributed by atoms with E-state index in [4.69, 9.17) is 14.2 Å². The molecule has 1 atom stereocenters. The molecule has 5 heteroatoms. The number of para-hydroxylation sites is 1. The lowest BCUT2D eigenvalue weighted by atomic mass is 9.82. The Kier molecular flexibility index (Phi) is 8.07. The third-order valence-corrected chi connectivity index (χ3v) is 7.13. The Balaban J connectivity index is 0.00000304. The summed E-state index contributed by atoms with van der Waals surface area (Å²) in [7, 11) is 3.42. The first-order chi connectivity index (χ1) is 17.2. The van der Waals surface area contributed by atoms with Gasteiger partial charge in [-0.15, -0.1) is 12.4 Å². The number of benzene rings is 4. The fraction of sp³-hybridized carbons (Fsp3) is 0.290. The quantitative estimate of drug-likeness (QED) is 0.259. The van der Waals surface area contributed by atoms with Crippen molar-refractivity contribution in [3.8, 4) is 28.4 Å². The molecule has 4 aromatic rings. The highest BCUT2D eigenvalue weighted by Gasteiger charge is 2.45. The van der Waals surface area contributed by atoms with Crippen LogP contribution in [0.25, 0.3) is 21.9 Å². The summed E-state index contributed by atoms with van der Waals surface area (Å²) in [6, 6.07) is 29.4. The number of fused-ring (bicyclic) bond motifs is 1. The minimum atomic E-state index is -0.586. The molecule has 4 nitrogen and oxygen atoms in total. The third kappa shape index (κ3) is 4.76. The lowest BCUT2D eigenvalue weighted by Crippen LogP contribution is -2.53. The van der Waals surface area contributed by atoms with E-state index >= 15 is 0 Å². The normalized spacial score (nSPS) is 17.9. The second kappa shape index (κ2) is 11.2. The van der Waals surface area contributed by atoms with Gasteiger partial charge in [-0.3, -0.25) is 4.90 Å². The van der Waals surface area contributed by atoms with Gasteiger partial charge in [0.05, 0.1) is 14.2 Å². The fourth-order valence-electron chi connectivity index (χ4n) is 5.42. The molecule has 1 unspecified atom stereocenters. The number of hydrogen-bond acceptors (Lipinski definition) is 4. The zero-order valence-corrected chi connectivity index (χ0v) is 22.0. The van der Waals surface area contributed by atoms with E-state index in [0.29, 0.717) is 0 Å². The molecule has 188 valence electrons. The summed E-state index contributed by atoms with van der Waals surface area (Å²) in [5.74, 6) is 2.60. The fourth-order valence-corrected chi connectivity index (χ4v) is 5.42. The van der Waals surface area contributed by atoms with Gasteiger partial charge in [0.1, 0.15) is 17.2 Å². The maximum Gasteiger partial charge on any atom is 0.190 e. The first-order valence-corrected chi connectivity index (χ1v) is 12.4. The van der Waals surface area contributed by atoms with Crippen molar-refractivity contribution in [3.05, 3.63) is 90.5 Å². The minimum Gasteiger partial charge on any atom is -0.497 e. The van der Waals surface area contributed by atoms with E-state index in [2.05, 4.69) is 66.4 Å². The van der Waals surface area contributed by atoms with Gasteiger partial charge in [-0.05, 0) is 77.7 Å². The zero-order chi connectivity index (χ0) is 24.3. The molecule has 0 saturated carbocycles. The number of hydrogen-bond donors (Lipinski definition) is 0. The highest BCUT2D eigenvalue weighted by molar-refractivity contribution is 5.93. The van der Waals surface area contributed by atoms with Gasteiger partial charge >= 0.3 is 0 Å². The molecule has 36 heavy (non-hydrogen) atoms. The first-order valence-electron chi connectivity index (χ1n) is 12.4. The molecule has 1 fully saturated rings. The van der Waals surface area contributed by atoms with E-state index in [1.165, 1.54) is 22.9 Å². The van der Waals surface area contributed by atoms with Crippen molar-refractivity contribution < 1.29 is 14.2 Å². The molecule has 0 N–H and O–H groups in total. The van der Waals surface area contributed by atoms with E-state index < -0.39 is 5.72 Å². The Labute approximate surface area is 220 Å². The SMILES string of the molecule is CCN1CCCCC1(Oc1ccccc1)c1c(-c2ccc(OC)cc2)ccc2cc(OC)ccc12.Cl. The van der Waals surface area contributed by atoms with Gasteiger partial charge < -0.3 is 14.2 Å². The molecule has 0 aromatic heterocycles. The molecule has 1 aliphatic heterocycles. The predicted octanol–water partition coefficient (Wildman–Crippen LogP) is 7.68. The summed E-state index contributed by atoms with van der Waals surface area (Å²) >= 11 is 0. The number of piperidine rings is 1. The maximum atomic E-state index is 7.07. The van der Waals surface area contributed by atoms with E-state index in [0.717, 1.165) is 54.1 Å². The number of ether oxygens (including phenoxy) is 3. The Morgan fingerprint density at radius 3 is 2.19 bits per heavy atom. The Hall–Kier alpha value is -3.21. The van der Waals surface area contributed by atoms with Crippen molar-refractivity contribution in [2.24, 2.45) is 0 Å².